The quantitative estimate of drug-likeness (QED) is 0.603. The van der Waals surface area contributed by atoms with Crippen LogP contribution in [0.2, 0.25) is 0 Å². The molecule has 1 rings (SSSR count). The zero-order chi connectivity index (χ0) is 17.3. The number of hydrogen-bond donors (Lipinski definition) is 1. The molecule has 0 radical (unpaired) electrons. The van der Waals surface area contributed by atoms with E-state index in [1.54, 1.807) is 0 Å². The van der Waals surface area contributed by atoms with Crippen LogP contribution in [0.1, 0.15) is 77.8 Å². The second-order valence-electron chi connectivity index (χ2n) is 6.09. The molecule has 3 heteroatoms. The number of carbonyl (C=O) groups is 1. The second-order valence-corrected chi connectivity index (χ2v) is 6.09. The van der Waals surface area contributed by atoms with Gasteiger partial charge in [-0.2, -0.15) is 0 Å². The summed E-state index contributed by atoms with van der Waals surface area (Å²) in [5, 5.41) is 0. The smallest absolute Gasteiger partial charge is 0.311 e. The van der Waals surface area contributed by atoms with Gasteiger partial charge in [0.05, 0.1) is 0 Å². The SMILES string of the molecule is CC.CC(CN)CC(=O)Oc1c(C(C)C)cccc1C(C)C. The van der Waals surface area contributed by atoms with Gasteiger partial charge >= 0.3 is 5.97 Å². The maximum atomic E-state index is 12.1. The van der Waals surface area contributed by atoms with Crippen LogP contribution in [-0.2, 0) is 4.79 Å². The van der Waals surface area contributed by atoms with Crippen molar-refractivity contribution < 1.29 is 9.53 Å². The zero-order valence-corrected chi connectivity index (χ0v) is 15.3. The Morgan fingerprint density at radius 1 is 1.05 bits per heavy atom. The van der Waals surface area contributed by atoms with Crippen molar-refractivity contribution in [2.45, 2.75) is 66.7 Å². The van der Waals surface area contributed by atoms with E-state index in [0.717, 1.165) is 16.9 Å². The van der Waals surface area contributed by atoms with Crippen LogP contribution in [0.3, 0.4) is 0 Å². The Kier molecular flexibility index (Phi) is 9.75. The highest BCUT2D eigenvalue weighted by molar-refractivity contribution is 5.73. The minimum absolute atomic E-state index is 0.149. The van der Waals surface area contributed by atoms with E-state index in [1.807, 2.05) is 39.0 Å². The highest BCUT2D eigenvalue weighted by Crippen LogP contribution is 2.34. The third-order valence-electron chi connectivity index (χ3n) is 3.45. The lowest BCUT2D eigenvalue weighted by Crippen LogP contribution is -2.19. The molecule has 0 heterocycles. The molecule has 1 unspecified atom stereocenters. The number of carbonyl (C=O) groups excluding carboxylic acids is 1. The Hall–Kier alpha value is -1.35. The van der Waals surface area contributed by atoms with Crippen LogP contribution in [-0.4, -0.2) is 12.5 Å². The number of nitrogens with two attached hydrogens (primary N) is 1. The van der Waals surface area contributed by atoms with E-state index in [4.69, 9.17) is 10.5 Å². The van der Waals surface area contributed by atoms with Crippen molar-refractivity contribution in [2.24, 2.45) is 11.7 Å². The fraction of sp³-hybridized carbons (Fsp3) is 0.632. The summed E-state index contributed by atoms with van der Waals surface area (Å²) in [6.45, 7) is 14.9. The molecule has 0 spiro atoms. The van der Waals surface area contributed by atoms with E-state index in [1.165, 1.54) is 0 Å². The molecule has 0 bridgehead atoms. The molecule has 0 aliphatic heterocycles. The molecule has 0 aromatic heterocycles. The van der Waals surface area contributed by atoms with Crippen LogP contribution in [0, 0.1) is 5.92 Å². The molecular formula is C19H33NO2. The Morgan fingerprint density at radius 2 is 1.50 bits per heavy atom. The lowest BCUT2D eigenvalue weighted by molar-refractivity contribution is -0.135. The van der Waals surface area contributed by atoms with Gasteiger partial charge in [0.15, 0.2) is 0 Å². The number of para-hydroxylation sites is 1. The predicted molar refractivity (Wildman–Crippen MR) is 94.4 cm³/mol. The van der Waals surface area contributed by atoms with Gasteiger partial charge in [-0.25, -0.2) is 0 Å². The van der Waals surface area contributed by atoms with Crippen LogP contribution in [0.15, 0.2) is 18.2 Å². The highest BCUT2D eigenvalue weighted by Gasteiger charge is 2.18. The van der Waals surface area contributed by atoms with E-state index in [0.29, 0.717) is 24.8 Å². The highest BCUT2D eigenvalue weighted by atomic mass is 16.5. The Labute approximate surface area is 136 Å². The standard InChI is InChI=1S/C17H27NO2.C2H6/c1-11(2)14-7-6-8-15(12(3)4)17(14)20-16(19)9-13(5)10-18;1-2/h6-8,11-13H,9-10,18H2,1-5H3;1-2H3. The van der Waals surface area contributed by atoms with E-state index in [2.05, 4.69) is 27.7 Å². The number of ether oxygens (including phenoxy) is 1. The summed E-state index contributed by atoms with van der Waals surface area (Å²) >= 11 is 0. The summed E-state index contributed by atoms with van der Waals surface area (Å²) in [7, 11) is 0. The van der Waals surface area contributed by atoms with Crippen LogP contribution >= 0.6 is 0 Å². The van der Waals surface area contributed by atoms with Gasteiger partial charge < -0.3 is 10.5 Å². The van der Waals surface area contributed by atoms with Crippen molar-refractivity contribution in [3.63, 3.8) is 0 Å². The molecule has 126 valence electrons. The number of benzene rings is 1. The number of hydrogen-bond acceptors (Lipinski definition) is 3. The zero-order valence-electron chi connectivity index (χ0n) is 15.3. The molecule has 0 aliphatic rings. The van der Waals surface area contributed by atoms with Gasteiger partial charge in [0.25, 0.3) is 0 Å². The number of esters is 1. The van der Waals surface area contributed by atoms with E-state index >= 15 is 0 Å². The van der Waals surface area contributed by atoms with Crippen molar-refractivity contribution in [2.75, 3.05) is 6.54 Å². The van der Waals surface area contributed by atoms with Crippen molar-refractivity contribution >= 4 is 5.97 Å². The molecule has 1 aromatic carbocycles. The van der Waals surface area contributed by atoms with E-state index < -0.39 is 0 Å². The summed E-state index contributed by atoms with van der Waals surface area (Å²) < 4.78 is 5.68. The van der Waals surface area contributed by atoms with Gasteiger partial charge in [-0.1, -0.05) is 66.7 Å². The lowest BCUT2D eigenvalue weighted by atomic mass is 9.94. The minimum atomic E-state index is -0.196. The van der Waals surface area contributed by atoms with Crippen molar-refractivity contribution in [3.05, 3.63) is 29.3 Å². The van der Waals surface area contributed by atoms with E-state index in [-0.39, 0.29) is 11.9 Å². The van der Waals surface area contributed by atoms with Crippen LogP contribution < -0.4 is 10.5 Å². The average molecular weight is 307 g/mol. The van der Waals surface area contributed by atoms with Gasteiger partial charge in [-0.15, -0.1) is 0 Å². The molecule has 0 aliphatic carbocycles. The Bertz CT molecular complexity index is 426. The van der Waals surface area contributed by atoms with Crippen LogP contribution in [0.4, 0.5) is 0 Å². The van der Waals surface area contributed by atoms with Gasteiger partial charge in [0.2, 0.25) is 0 Å². The van der Waals surface area contributed by atoms with Gasteiger partial charge in [-0.3, -0.25) is 4.79 Å². The summed E-state index contributed by atoms with van der Waals surface area (Å²) in [5.41, 5.74) is 7.74. The maximum Gasteiger partial charge on any atom is 0.311 e. The van der Waals surface area contributed by atoms with Crippen LogP contribution in [0.25, 0.3) is 0 Å². The fourth-order valence-corrected chi connectivity index (χ4v) is 2.12. The molecular weight excluding hydrogens is 274 g/mol. The molecule has 3 nitrogen and oxygen atoms in total. The summed E-state index contributed by atoms with van der Waals surface area (Å²) in [6.07, 6.45) is 0.362. The average Bonchev–Trinajstić information content (AvgIpc) is 2.48. The monoisotopic (exact) mass is 307 g/mol. The van der Waals surface area contributed by atoms with E-state index in [9.17, 15) is 4.79 Å². The molecule has 2 N–H and O–H groups in total. The molecule has 22 heavy (non-hydrogen) atoms. The Balaban J connectivity index is 0.00000211. The van der Waals surface area contributed by atoms with Gasteiger partial charge in [0.1, 0.15) is 5.75 Å². The van der Waals surface area contributed by atoms with Crippen LogP contribution in [0.5, 0.6) is 5.75 Å². The van der Waals surface area contributed by atoms with Crippen molar-refractivity contribution in [1.29, 1.82) is 0 Å². The van der Waals surface area contributed by atoms with Crippen molar-refractivity contribution in [3.8, 4) is 5.75 Å². The molecule has 0 saturated carbocycles. The Morgan fingerprint density at radius 3 is 1.86 bits per heavy atom. The number of rotatable bonds is 6. The fourth-order valence-electron chi connectivity index (χ4n) is 2.12. The topological polar surface area (TPSA) is 52.3 Å². The molecule has 1 atom stereocenters. The molecule has 1 aromatic rings. The molecule has 0 fully saturated rings. The largest absolute Gasteiger partial charge is 0.426 e. The third kappa shape index (κ3) is 6.18. The predicted octanol–water partition coefficient (Wildman–Crippen LogP) is 4.85. The minimum Gasteiger partial charge on any atom is -0.426 e. The summed E-state index contributed by atoms with van der Waals surface area (Å²) in [6, 6.07) is 6.10. The van der Waals surface area contributed by atoms with Crippen molar-refractivity contribution in [1.82, 2.24) is 0 Å². The lowest BCUT2D eigenvalue weighted by Gasteiger charge is -2.19. The van der Waals surface area contributed by atoms with Gasteiger partial charge in [0, 0.05) is 6.42 Å². The summed E-state index contributed by atoms with van der Waals surface area (Å²) in [4.78, 5) is 12.1. The molecule has 0 saturated heterocycles. The normalized spacial score (nSPS) is 11.9. The summed E-state index contributed by atoms with van der Waals surface area (Å²) in [5.74, 6) is 1.34. The first-order chi connectivity index (χ1) is 10.4. The first-order valence-electron chi connectivity index (χ1n) is 8.40. The maximum absolute atomic E-state index is 12.1. The van der Waals surface area contributed by atoms with Gasteiger partial charge in [-0.05, 0) is 35.4 Å². The first kappa shape index (κ1) is 20.6. The third-order valence-corrected chi connectivity index (χ3v) is 3.45. The second kappa shape index (κ2) is 10.4. The first-order valence-corrected chi connectivity index (χ1v) is 8.40. The molecule has 0 amide bonds.